The predicted molar refractivity (Wildman–Crippen MR) is 136 cm³/mol. The van der Waals surface area contributed by atoms with Gasteiger partial charge in [0.2, 0.25) is 0 Å². The van der Waals surface area contributed by atoms with Crippen molar-refractivity contribution in [3.63, 3.8) is 0 Å². The first-order valence-electron chi connectivity index (χ1n) is 10.9. The molecular formula is C26H27BrN2O3S. The van der Waals surface area contributed by atoms with E-state index >= 15 is 0 Å². The van der Waals surface area contributed by atoms with Gasteiger partial charge in [-0.15, -0.1) is 11.3 Å². The molecule has 1 aliphatic heterocycles. The molecule has 0 spiro atoms. The molecule has 3 N–H and O–H groups in total. The van der Waals surface area contributed by atoms with Crippen LogP contribution in [0, 0.1) is 0 Å². The van der Waals surface area contributed by atoms with Crippen molar-refractivity contribution in [2.24, 2.45) is 0 Å². The van der Waals surface area contributed by atoms with Crippen LogP contribution >= 0.6 is 27.3 Å². The van der Waals surface area contributed by atoms with Gasteiger partial charge in [0.25, 0.3) is 5.91 Å². The van der Waals surface area contributed by atoms with Crippen LogP contribution in [0.15, 0.2) is 82.8 Å². The van der Waals surface area contributed by atoms with Crippen LogP contribution in [0.4, 0.5) is 0 Å². The zero-order valence-electron chi connectivity index (χ0n) is 18.2. The van der Waals surface area contributed by atoms with Gasteiger partial charge in [0.15, 0.2) is 6.10 Å². The van der Waals surface area contributed by atoms with Crippen LogP contribution in [0.25, 0.3) is 10.4 Å². The molecule has 3 atom stereocenters. The number of thiophene rings is 1. The minimum Gasteiger partial charge on any atom is -0.384 e. The van der Waals surface area contributed by atoms with Crippen molar-refractivity contribution in [3.8, 4) is 10.4 Å². The van der Waals surface area contributed by atoms with E-state index in [4.69, 9.17) is 0 Å². The van der Waals surface area contributed by atoms with Gasteiger partial charge in [0, 0.05) is 28.1 Å². The fraction of sp³-hybridized carbons (Fsp3) is 0.269. The molecule has 3 aromatic rings. The lowest BCUT2D eigenvalue weighted by atomic mass is 10.0. The number of nitrogens with one attached hydrogen (secondary N) is 1. The Labute approximate surface area is 206 Å². The third kappa shape index (κ3) is 5.38. The Morgan fingerprint density at radius 2 is 1.85 bits per heavy atom. The monoisotopic (exact) mass is 526 g/mol. The molecule has 1 fully saturated rings. The molecule has 0 saturated carbocycles. The first kappa shape index (κ1) is 23.7. The lowest BCUT2D eigenvalue weighted by molar-refractivity contribution is -0.134. The van der Waals surface area contributed by atoms with Gasteiger partial charge in [-0.1, -0.05) is 61.2 Å². The summed E-state index contributed by atoms with van der Waals surface area (Å²) in [5.74, 6) is -0.621. The van der Waals surface area contributed by atoms with E-state index in [-0.39, 0.29) is 12.6 Å². The quantitative estimate of drug-likeness (QED) is 0.391. The van der Waals surface area contributed by atoms with Crippen LogP contribution in [-0.2, 0) is 11.3 Å². The number of hydrogen-bond acceptors (Lipinski definition) is 5. The molecule has 0 radical (unpaired) electrons. The van der Waals surface area contributed by atoms with E-state index in [1.807, 2.05) is 70.9 Å². The van der Waals surface area contributed by atoms with E-state index in [2.05, 4.69) is 27.8 Å². The Morgan fingerprint density at radius 3 is 2.52 bits per heavy atom. The normalized spacial score (nSPS) is 17.5. The minimum absolute atomic E-state index is 0.0884. The molecule has 1 saturated heterocycles. The summed E-state index contributed by atoms with van der Waals surface area (Å²) in [6, 6.07) is 20.0. The van der Waals surface area contributed by atoms with Crippen molar-refractivity contribution in [2.45, 2.75) is 37.6 Å². The first-order valence-corrected chi connectivity index (χ1v) is 12.6. The highest BCUT2D eigenvalue weighted by Gasteiger charge is 2.34. The van der Waals surface area contributed by atoms with E-state index in [0.717, 1.165) is 45.4 Å². The molecular weight excluding hydrogens is 500 g/mol. The van der Waals surface area contributed by atoms with Gasteiger partial charge >= 0.3 is 0 Å². The molecule has 1 aromatic heterocycles. The number of benzene rings is 2. The zero-order chi connectivity index (χ0) is 23.4. The highest BCUT2D eigenvalue weighted by molar-refractivity contribution is 9.10. The average Bonchev–Trinajstić information content (AvgIpc) is 3.51. The van der Waals surface area contributed by atoms with Gasteiger partial charge in [-0.3, -0.25) is 4.79 Å². The van der Waals surface area contributed by atoms with E-state index in [9.17, 15) is 15.0 Å². The van der Waals surface area contributed by atoms with Crippen molar-refractivity contribution >= 4 is 33.2 Å². The van der Waals surface area contributed by atoms with Crippen molar-refractivity contribution < 1.29 is 15.0 Å². The second kappa shape index (κ2) is 10.7. The molecule has 2 aromatic carbocycles. The third-order valence-corrected chi connectivity index (χ3v) is 7.90. The van der Waals surface area contributed by atoms with Gasteiger partial charge in [0.1, 0.15) is 6.10 Å². The summed E-state index contributed by atoms with van der Waals surface area (Å²) in [4.78, 5) is 15.7. The summed E-state index contributed by atoms with van der Waals surface area (Å²) in [6.07, 6.45) is -1.05. The molecule has 0 aliphatic carbocycles. The minimum atomic E-state index is -1.59. The summed E-state index contributed by atoms with van der Waals surface area (Å²) < 4.78 is 1.05. The number of nitrogens with zero attached hydrogens (tertiary/aromatic N) is 1. The van der Waals surface area contributed by atoms with E-state index < -0.39 is 18.1 Å². The summed E-state index contributed by atoms with van der Waals surface area (Å²) in [5, 5.41) is 25.9. The van der Waals surface area contributed by atoms with Crippen LogP contribution in [0.5, 0.6) is 0 Å². The summed E-state index contributed by atoms with van der Waals surface area (Å²) in [7, 11) is 0. The Bertz CT molecular complexity index is 1100. The molecule has 2 unspecified atom stereocenters. The summed E-state index contributed by atoms with van der Waals surface area (Å²) in [6.45, 7) is 5.00. The van der Waals surface area contributed by atoms with Crippen molar-refractivity contribution in [1.29, 1.82) is 0 Å². The van der Waals surface area contributed by atoms with Gasteiger partial charge in [0.05, 0.1) is 6.04 Å². The van der Waals surface area contributed by atoms with Crippen LogP contribution in [0.2, 0.25) is 0 Å². The number of aliphatic hydroxyl groups excluding tert-OH is 2. The van der Waals surface area contributed by atoms with Crippen LogP contribution in [0.3, 0.4) is 0 Å². The SMILES string of the molecule is C=C(C(O)C(O)C(=O)NCc1ccc(-c2sccc2Br)cc1)N1CCC[C@@H]1c1ccccc1. The fourth-order valence-corrected chi connectivity index (χ4v) is 5.80. The molecule has 7 heteroatoms. The molecule has 5 nitrogen and oxygen atoms in total. The number of hydrogen-bond donors (Lipinski definition) is 3. The van der Waals surface area contributed by atoms with Gasteiger partial charge in [-0.2, -0.15) is 0 Å². The lowest BCUT2D eigenvalue weighted by Crippen LogP contribution is -2.45. The third-order valence-electron chi connectivity index (χ3n) is 6.02. The number of likely N-dealkylation sites (tertiary alicyclic amines) is 1. The number of amides is 1. The van der Waals surface area contributed by atoms with Crippen LogP contribution in [0.1, 0.15) is 30.0 Å². The molecule has 1 aliphatic rings. The smallest absolute Gasteiger partial charge is 0.252 e. The van der Waals surface area contributed by atoms with Gasteiger partial charge in [-0.05, 0) is 56.9 Å². The number of carbonyl (C=O) groups excluding carboxylic acids is 1. The average molecular weight is 527 g/mol. The zero-order valence-corrected chi connectivity index (χ0v) is 20.6. The first-order chi connectivity index (χ1) is 16.0. The number of halogens is 1. The standard InChI is InChI=1S/C26H27BrN2O3S/c1-17(29-14-5-8-22(29)19-6-3-2-4-7-19)23(30)24(31)26(32)28-16-18-9-11-20(12-10-18)25-21(27)13-15-33-25/h2-4,6-7,9-13,15,22-24,30-31H,1,5,8,14,16H2,(H,28,32)/t22-,23?,24?/m1/s1. The Hall–Kier alpha value is -2.45. The topological polar surface area (TPSA) is 72.8 Å². The predicted octanol–water partition coefficient (Wildman–Crippen LogP) is 4.87. The fourth-order valence-electron chi connectivity index (χ4n) is 4.20. The van der Waals surface area contributed by atoms with Crippen LogP contribution in [-0.4, -0.2) is 39.8 Å². The van der Waals surface area contributed by atoms with E-state index in [1.54, 1.807) is 11.3 Å². The number of rotatable bonds is 8. The molecule has 4 rings (SSSR count). The maximum atomic E-state index is 12.5. The lowest BCUT2D eigenvalue weighted by Gasteiger charge is -2.32. The highest BCUT2D eigenvalue weighted by Crippen LogP contribution is 2.36. The highest BCUT2D eigenvalue weighted by atomic mass is 79.9. The maximum absolute atomic E-state index is 12.5. The van der Waals surface area contributed by atoms with Gasteiger partial charge in [-0.25, -0.2) is 0 Å². The second-order valence-corrected chi connectivity index (χ2v) is 9.93. The Balaban J connectivity index is 1.34. The number of carbonyl (C=O) groups is 1. The second-order valence-electron chi connectivity index (χ2n) is 8.16. The van der Waals surface area contributed by atoms with E-state index in [0.29, 0.717) is 5.70 Å². The van der Waals surface area contributed by atoms with Crippen molar-refractivity contribution in [2.75, 3.05) is 6.54 Å². The van der Waals surface area contributed by atoms with Crippen molar-refractivity contribution in [3.05, 3.63) is 93.9 Å². The Morgan fingerprint density at radius 1 is 1.12 bits per heavy atom. The Kier molecular flexibility index (Phi) is 7.65. The van der Waals surface area contributed by atoms with E-state index in [1.165, 1.54) is 0 Å². The largest absolute Gasteiger partial charge is 0.384 e. The van der Waals surface area contributed by atoms with Crippen molar-refractivity contribution in [1.82, 2.24) is 10.2 Å². The molecule has 2 heterocycles. The summed E-state index contributed by atoms with van der Waals surface area (Å²) >= 11 is 5.20. The van der Waals surface area contributed by atoms with Crippen LogP contribution < -0.4 is 5.32 Å². The summed E-state index contributed by atoms with van der Waals surface area (Å²) in [5.41, 5.74) is 3.51. The maximum Gasteiger partial charge on any atom is 0.252 e. The molecule has 172 valence electrons. The number of aliphatic hydroxyl groups is 2. The molecule has 33 heavy (non-hydrogen) atoms. The molecule has 0 bridgehead atoms. The molecule has 1 amide bonds. The van der Waals surface area contributed by atoms with Gasteiger partial charge < -0.3 is 20.4 Å².